The lowest BCUT2D eigenvalue weighted by molar-refractivity contribution is 1.53. The van der Waals surface area contributed by atoms with Gasteiger partial charge in [-0.05, 0) is 6.07 Å². The van der Waals surface area contributed by atoms with Crippen molar-refractivity contribution in [3.63, 3.8) is 0 Å². The summed E-state index contributed by atoms with van der Waals surface area (Å²) in [6.45, 7) is 0. The molecule has 1 aliphatic rings. The molecule has 0 unspecified atom stereocenters. The summed E-state index contributed by atoms with van der Waals surface area (Å²) in [5.41, 5.74) is 2.88. The van der Waals surface area contributed by atoms with Crippen LogP contribution in [0.25, 0.3) is 5.57 Å². The molecule has 0 spiro atoms. The molecule has 0 saturated carbocycles. The van der Waals surface area contributed by atoms with E-state index in [1.54, 1.807) is 6.21 Å². The average molecular weight is 154 g/mol. The predicted molar refractivity (Wildman–Crippen MR) is 48.2 cm³/mol. The fourth-order valence-corrected chi connectivity index (χ4v) is 1.22. The minimum absolute atomic E-state index is 0.896. The molecule has 2 heteroatoms. The van der Waals surface area contributed by atoms with Crippen molar-refractivity contribution in [1.29, 1.82) is 5.26 Å². The number of para-hydroxylation sites is 1. The summed E-state index contributed by atoms with van der Waals surface area (Å²) in [6, 6.07) is 9.77. The maximum absolute atomic E-state index is 8.46. The van der Waals surface area contributed by atoms with E-state index in [2.05, 4.69) is 4.99 Å². The number of benzene rings is 1. The highest BCUT2D eigenvalue weighted by atomic mass is 14.7. The van der Waals surface area contributed by atoms with Gasteiger partial charge in [0.15, 0.2) is 0 Å². The van der Waals surface area contributed by atoms with Crippen molar-refractivity contribution in [2.75, 3.05) is 0 Å². The largest absolute Gasteiger partial charge is 0.256 e. The van der Waals surface area contributed by atoms with E-state index in [1.165, 1.54) is 6.08 Å². The first-order valence-electron chi connectivity index (χ1n) is 3.65. The number of allylic oxidation sites excluding steroid dienone is 2. The number of nitriles is 1. The van der Waals surface area contributed by atoms with Gasteiger partial charge in [0.2, 0.25) is 0 Å². The first-order chi connectivity index (χ1) is 5.92. The number of aliphatic imine (C=N–C) groups is 1. The van der Waals surface area contributed by atoms with Crippen LogP contribution in [-0.4, -0.2) is 6.21 Å². The standard InChI is InChI=1S/C10H6N2/c11-6-5-8-7-12-10-4-2-1-3-9(8)10/h1-5,7H/b8-5+. The molecule has 1 heterocycles. The molecular formula is C10H6N2. The zero-order valence-electron chi connectivity index (χ0n) is 6.36. The van der Waals surface area contributed by atoms with Crippen molar-refractivity contribution < 1.29 is 0 Å². The Morgan fingerprint density at radius 1 is 1.33 bits per heavy atom. The maximum atomic E-state index is 8.46. The van der Waals surface area contributed by atoms with E-state index >= 15 is 0 Å². The first-order valence-corrected chi connectivity index (χ1v) is 3.65. The Labute approximate surface area is 70.5 Å². The average Bonchev–Trinajstić information content (AvgIpc) is 2.50. The van der Waals surface area contributed by atoms with Crippen LogP contribution in [0.2, 0.25) is 0 Å². The van der Waals surface area contributed by atoms with E-state index in [0.717, 1.165) is 16.8 Å². The topological polar surface area (TPSA) is 36.1 Å². The first kappa shape index (κ1) is 6.81. The predicted octanol–water partition coefficient (Wildman–Crippen LogP) is 2.31. The third kappa shape index (κ3) is 0.923. The molecular weight excluding hydrogens is 148 g/mol. The van der Waals surface area contributed by atoms with Crippen LogP contribution < -0.4 is 0 Å². The van der Waals surface area contributed by atoms with Crippen molar-refractivity contribution in [2.24, 2.45) is 4.99 Å². The van der Waals surface area contributed by atoms with Gasteiger partial charge in [0, 0.05) is 23.4 Å². The van der Waals surface area contributed by atoms with Crippen LogP contribution >= 0.6 is 0 Å². The van der Waals surface area contributed by atoms with Crippen LogP contribution in [0, 0.1) is 11.3 Å². The SMILES string of the molecule is N#C/C=C1\C=Nc2ccccc21. The minimum atomic E-state index is 0.896. The van der Waals surface area contributed by atoms with Crippen molar-refractivity contribution >= 4 is 17.5 Å². The molecule has 0 N–H and O–H groups in total. The maximum Gasteiger partial charge on any atom is 0.0919 e. The zero-order valence-corrected chi connectivity index (χ0v) is 6.36. The van der Waals surface area contributed by atoms with E-state index in [0.29, 0.717) is 0 Å². The quantitative estimate of drug-likeness (QED) is 0.528. The summed E-state index contributed by atoms with van der Waals surface area (Å²) >= 11 is 0. The molecule has 12 heavy (non-hydrogen) atoms. The number of rotatable bonds is 0. The van der Waals surface area contributed by atoms with Gasteiger partial charge in [0.05, 0.1) is 11.8 Å². The lowest BCUT2D eigenvalue weighted by Gasteiger charge is -1.94. The lowest BCUT2D eigenvalue weighted by Crippen LogP contribution is -1.77. The van der Waals surface area contributed by atoms with Gasteiger partial charge in [0.25, 0.3) is 0 Å². The van der Waals surface area contributed by atoms with E-state index in [9.17, 15) is 0 Å². The van der Waals surface area contributed by atoms with Crippen LogP contribution in [0.15, 0.2) is 35.3 Å². The third-order valence-electron chi connectivity index (χ3n) is 1.78. The Hall–Kier alpha value is -1.88. The third-order valence-corrected chi connectivity index (χ3v) is 1.78. The molecule has 0 saturated heterocycles. The summed E-state index contributed by atoms with van der Waals surface area (Å²) in [7, 11) is 0. The molecule has 0 amide bonds. The van der Waals surface area contributed by atoms with Gasteiger partial charge in [0.1, 0.15) is 0 Å². The Morgan fingerprint density at radius 3 is 3.00 bits per heavy atom. The molecule has 1 aromatic rings. The van der Waals surface area contributed by atoms with Crippen molar-refractivity contribution in [3.05, 3.63) is 35.9 Å². The van der Waals surface area contributed by atoms with E-state index < -0.39 is 0 Å². The smallest absolute Gasteiger partial charge is 0.0919 e. The van der Waals surface area contributed by atoms with Gasteiger partial charge in [-0.3, -0.25) is 4.99 Å². The van der Waals surface area contributed by atoms with Crippen LogP contribution in [-0.2, 0) is 0 Å². The van der Waals surface area contributed by atoms with Gasteiger partial charge in [-0.25, -0.2) is 0 Å². The molecule has 0 radical (unpaired) electrons. The van der Waals surface area contributed by atoms with Gasteiger partial charge in [-0.15, -0.1) is 0 Å². The molecule has 1 aliphatic heterocycles. The Bertz CT molecular complexity index is 408. The van der Waals surface area contributed by atoms with Crippen molar-refractivity contribution in [1.82, 2.24) is 0 Å². The minimum Gasteiger partial charge on any atom is -0.256 e. The van der Waals surface area contributed by atoms with Gasteiger partial charge in [-0.2, -0.15) is 5.26 Å². The fraction of sp³-hybridized carbons (Fsp3) is 0. The lowest BCUT2D eigenvalue weighted by atomic mass is 10.1. The molecule has 1 aromatic carbocycles. The van der Waals surface area contributed by atoms with E-state index in [4.69, 9.17) is 5.26 Å². The van der Waals surface area contributed by atoms with Gasteiger partial charge >= 0.3 is 0 Å². The molecule has 0 bridgehead atoms. The highest BCUT2D eigenvalue weighted by molar-refractivity contribution is 6.16. The van der Waals surface area contributed by atoms with Gasteiger partial charge < -0.3 is 0 Å². The molecule has 0 aromatic heterocycles. The Morgan fingerprint density at radius 2 is 2.17 bits per heavy atom. The molecule has 2 rings (SSSR count). The monoisotopic (exact) mass is 154 g/mol. The molecule has 0 aliphatic carbocycles. The van der Waals surface area contributed by atoms with E-state index in [-0.39, 0.29) is 0 Å². The zero-order chi connectivity index (χ0) is 8.39. The summed E-state index contributed by atoms with van der Waals surface area (Å²) in [5.74, 6) is 0. The number of hydrogen-bond acceptors (Lipinski definition) is 2. The second-order valence-corrected chi connectivity index (χ2v) is 2.50. The number of fused-ring (bicyclic) bond motifs is 1. The van der Waals surface area contributed by atoms with Crippen molar-refractivity contribution in [3.8, 4) is 6.07 Å². The number of hydrogen-bond donors (Lipinski definition) is 0. The van der Waals surface area contributed by atoms with Crippen LogP contribution in [0.1, 0.15) is 5.56 Å². The van der Waals surface area contributed by atoms with Crippen molar-refractivity contribution in [2.45, 2.75) is 0 Å². The fourth-order valence-electron chi connectivity index (χ4n) is 1.22. The highest BCUT2D eigenvalue weighted by Crippen LogP contribution is 2.30. The molecule has 0 fully saturated rings. The molecule has 56 valence electrons. The highest BCUT2D eigenvalue weighted by Gasteiger charge is 2.09. The summed E-state index contributed by atoms with van der Waals surface area (Å²) in [5, 5.41) is 8.46. The van der Waals surface area contributed by atoms with Crippen LogP contribution in [0.5, 0.6) is 0 Å². The summed E-state index contributed by atoms with van der Waals surface area (Å²) < 4.78 is 0. The second-order valence-electron chi connectivity index (χ2n) is 2.50. The summed E-state index contributed by atoms with van der Waals surface area (Å²) in [6.07, 6.45) is 3.23. The van der Waals surface area contributed by atoms with E-state index in [1.807, 2.05) is 30.3 Å². The second kappa shape index (κ2) is 2.63. The normalized spacial score (nSPS) is 16.1. The van der Waals surface area contributed by atoms with Gasteiger partial charge in [-0.1, -0.05) is 18.2 Å². The molecule has 2 nitrogen and oxygen atoms in total. The Kier molecular flexibility index (Phi) is 1.49. The number of nitrogens with zero attached hydrogens (tertiary/aromatic N) is 2. The Balaban J connectivity index is 2.58. The summed E-state index contributed by atoms with van der Waals surface area (Å²) in [4.78, 5) is 4.15. The van der Waals surface area contributed by atoms with Crippen LogP contribution in [0.3, 0.4) is 0 Å². The van der Waals surface area contributed by atoms with Crippen LogP contribution in [0.4, 0.5) is 5.69 Å². The molecule has 0 atom stereocenters.